The van der Waals surface area contributed by atoms with Crippen LogP contribution in [-0.2, 0) is 9.59 Å². The number of thioether (sulfide) groups is 1. The van der Waals surface area contributed by atoms with Gasteiger partial charge in [0.25, 0.3) is 5.91 Å². The molecule has 3 heterocycles. The molecule has 0 radical (unpaired) electrons. The number of rotatable bonds is 4. The Balaban J connectivity index is 1.51. The summed E-state index contributed by atoms with van der Waals surface area (Å²) < 4.78 is 20.2. The number of nitrogens with zero attached hydrogens (tertiary/aromatic N) is 1. The molecule has 4 rings (SSSR count). The van der Waals surface area contributed by atoms with E-state index in [1.54, 1.807) is 26.0 Å². The van der Waals surface area contributed by atoms with E-state index in [0.717, 1.165) is 10.6 Å². The molecule has 8 heteroatoms. The van der Waals surface area contributed by atoms with E-state index in [0.29, 0.717) is 29.2 Å². The van der Waals surface area contributed by atoms with Crippen LogP contribution in [0.25, 0.3) is 0 Å². The summed E-state index contributed by atoms with van der Waals surface area (Å²) in [6.45, 7) is 9.23. The number of fused-ring (bicyclic) bond motifs is 2. The van der Waals surface area contributed by atoms with Crippen molar-refractivity contribution in [3.05, 3.63) is 41.3 Å². The van der Waals surface area contributed by atoms with Crippen LogP contribution in [-0.4, -0.2) is 27.6 Å². The van der Waals surface area contributed by atoms with Crippen LogP contribution in [0, 0.1) is 5.82 Å². The summed E-state index contributed by atoms with van der Waals surface area (Å²) in [5.41, 5.74) is 1.06. The third kappa shape index (κ3) is 4.13. The van der Waals surface area contributed by atoms with Gasteiger partial charge in [-0.1, -0.05) is 20.8 Å². The molecule has 0 fully saturated rings. The van der Waals surface area contributed by atoms with E-state index in [1.807, 2.05) is 26.8 Å². The smallest absolute Gasteiger partial charge is 0.269 e. The summed E-state index contributed by atoms with van der Waals surface area (Å²) in [6.07, 6.45) is 0.523. The molecule has 1 aromatic carbocycles. The summed E-state index contributed by atoms with van der Waals surface area (Å²) >= 11 is 1.38. The number of anilines is 2. The van der Waals surface area contributed by atoms with Crippen molar-refractivity contribution in [2.45, 2.75) is 68.6 Å². The average Bonchev–Trinajstić information content (AvgIpc) is 2.68. The molecule has 2 amide bonds. The molecular formula is C23H26FN3O3S. The first-order chi connectivity index (χ1) is 14.5. The lowest BCUT2D eigenvalue weighted by atomic mass is 9.99. The number of nitrogens with one attached hydrogen (secondary N) is 2. The van der Waals surface area contributed by atoms with Gasteiger partial charge in [-0.25, -0.2) is 9.37 Å². The lowest BCUT2D eigenvalue weighted by Gasteiger charge is -2.31. The molecule has 164 valence electrons. The minimum absolute atomic E-state index is 0.0371. The number of carbonyl (C=O) groups excluding carboxylic acids is 2. The highest BCUT2D eigenvalue weighted by Crippen LogP contribution is 2.42. The van der Waals surface area contributed by atoms with Gasteiger partial charge >= 0.3 is 0 Å². The fraction of sp³-hybridized carbons (Fsp3) is 0.435. The van der Waals surface area contributed by atoms with Gasteiger partial charge in [0.2, 0.25) is 5.91 Å². The van der Waals surface area contributed by atoms with E-state index in [-0.39, 0.29) is 34.7 Å². The highest BCUT2D eigenvalue weighted by Gasteiger charge is 2.36. The number of halogens is 1. The summed E-state index contributed by atoms with van der Waals surface area (Å²) in [7, 11) is 0. The Morgan fingerprint density at radius 1 is 1.19 bits per heavy atom. The molecule has 2 atom stereocenters. The largest absolute Gasteiger partial charge is 0.474 e. The van der Waals surface area contributed by atoms with E-state index < -0.39 is 5.60 Å². The van der Waals surface area contributed by atoms with Gasteiger partial charge in [-0.15, -0.1) is 11.8 Å². The van der Waals surface area contributed by atoms with Crippen LogP contribution in [0.5, 0.6) is 5.75 Å². The Morgan fingerprint density at radius 3 is 2.65 bits per heavy atom. The Hall–Kier alpha value is -2.61. The van der Waals surface area contributed by atoms with Crippen LogP contribution in [0.2, 0.25) is 0 Å². The second kappa shape index (κ2) is 7.82. The van der Waals surface area contributed by atoms with E-state index in [1.165, 1.54) is 17.8 Å². The third-order valence-electron chi connectivity index (χ3n) is 5.64. The Labute approximate surface area is 185 Å². The summed E-state index contributed by atoms with van der Waals surface area (Å²) in [5, 5.41) is 5.35. The van der Waals surface area contributed by atoms with Crippen LogP contribution in [0.4, 0.5) is 15.9 Å². The van der Waals surface area contributed by atoms with Gasteiger partial charge in [-0.05, 0) is 56.0 Å². The number of benzene rings is 1. The van der Waals surface area contributed by atoms with Gasteiger partial charge in [0.05, 0.1) is 10.9 Å². The second-order valence-corrected chi connectivity index (χ2v) is 10.2. The van der Waals surface area contributed by atoms with Crippen molar-refractivity contribution in [3.63, 3.8) is 0 Å². The highest BCUT2D eigenvalue weighted by molar-refractivity contribution is 8.01. The normalized spacial score (nSPS) is 20.3. The molecule has 2 aliphatic rings. The van der Waals surface area contributed by atoms with Crippen LogP contribution in [0.3, 0.4) is 0 Å². The first kappa shape index (κ1) is 21.6. The van der Waals surface area contributed by atoms with Gasteiger partial charge in [-0.2, -0.15) is 0 Å². The Morgan fingerprint density at radius 2 is 1.94 bits per heavy atom. The van der Waals surface area contributed by atoms with Crippen molar-refractivity contribution in [2.75, 3.05) is 10.6 Å². The first-order valence-electron chi connectivity index (χ1n) is 10.4. The summed E-state index contributed by atoms with van der Waals surface area (Å²) in [5.74, 6) is 0.302. The lowest BCUT2D eigenvalue weighted by Crippen LogP contribution is -2.46. The van der Waals surface area contributed by atoms with Crippen LogP contribution in [0.15, 0.2) is 29.2 Å². The van der Waals surface area contributed by atoms with Crippen molar-refractivity contribution in [1.29, 1.82) is 0 Å². The van der Waals surface area contributed by atoms with E-state index in [2.05, 4.69) is 15.6 Å². The van der Waals surface area contributed by atoms with Crippen LogP contribution < -0.4 is 15.4 Å². The molecule has 0 saturated heterocycles. The third-order valence-corrected chi connectivity index (χ3v) is 6.92. The lowest BCUT2D eigenvalue weighted by molar-refractivity contribution is -0.129. The zero-order valence-corrected chi connectivity index (χ0v) is 19.0. The number of amides is 2. The Kier molecular flexibility index (Phi) is 5.45. The molecule has 2 N–H and O–H groups in total. The standard InChI is InChI=1S/C23H26FN3O3S/c1-11(2)13-9-16-18(10-14(13)24)31-19(21(28)26-16)8-12(3)15-6-7-17-20(25-15)27-22(29)23(4,5)30-17/h6-7,9-12,19H,8H2,1-5H3,(H,26,28)(H,25,27,29). The zero-order valence-electron chi connectivity index (χ0n) is 18.2. The maximum Gasteiger partial charge on any atom is 0.269 e. The molecule has 31 heavy (non-hydrogen) atoms. The van der Waals surface area contributed by atoms with Gasteiger partial charge in [0, 0.05) is 16.5 Å². The fourth-order valence-corrected chi connectivity index (χ4v) is 4.98. The first-order valence-corrected chi connectivity index (χ1v) is 11.3. The number of hydrogen-bond acceptors (Lipinski definition) is 5. The molecule has 2 aromatic rings. The molecule has 0 saturated carbocycles. The fourth-order valence-electron chi connectivity index (χ4n) is 3.71. The van der Waals surface area contributed by atoms with Gasteiger partial charge in [-0.3, -0.25) is 9.59 Å². The molecule has 1 aromatic heterocycles. The minimum Gasteiger partial charge on any atom is -0.474 e. The Bertz CT molecular complexity index is 1070. The molecule has 0 bridgehead atoms. The van der Waals surface area contributed by atoms with Crippen molar-refractivity contribution in [2.24, 2.45) is 0 Å². The highest BCUT2D eigenvalue weighted by atomic mass is 32.2. The number of ether oxygens (including phenoxy) is 1. The number of aromatic nitrogens is 1. The molecule has 2 unspecified atom stereocenters. The van der Waals surface area contributed by atoms with Crippen LogP contribution >= 0.6 is 11.8 Å². The zero-order chi connectivity index (χ0) is 22.5. The average molecular weight is 444 g/mol. The predicted octanol–water partition coefficient (Wildman–Crippen LogP) is 5.06. The van der Waals surface area contributed by atoms with E-state index in [9.17, 15) is 14.0 Å². The number of pyridine rings is 1. The molecule has 0 aliphatic carbocycles. The molecular weight excluding hydrogens is 417 g/mol. The molecule has 0 spiro atoms. The minimum atomic E-state index is -0.948. The second-order valence-electron chi connectivity index (χ2n) is 8.91. The maximum atomic E-state index is 14.4. The summed E-state index contributed by atoms with van der Waals surface area (Å²) in [6, 6.07) is 6.89. The predicted molar refractivity (Wildman–Crippen MR) is 119 cm³/mol. The van der Waals surface area contributed by atoms with Gasteiger partial charge in [0.15, 0.2) is 17.2 Å². The van der Waals surface area contributed by atoms with E-state index >= 15 is 0 Å². The van der Waals surface area contributed by atoms with E-state index in [4.69, 9.17) is 4.74 Å². The quantitative estimate of drug-likeness (QED) is 0.690. The number of carbonyl (C=O) groups is 2. The van der Waals surface area contributed by atoms with Crippen molar-refractivity contribution in [1.82, 2.24) is 4.98 Å². The van der Waals surface area contributed by atoms with Gasteiger partial charge in [0.1, 0.15) is 5.82 Å². The SMILES string of the molecule is CC(C)c1cc2c(cc1F)SC(CC(C)c1ccc3c(n1)NC(=O)C(C)(C)O3)C(=O)N2. The summed E-state index contributed by atoms with van der Waals surface area (Å²) in [4.78, 5) is 30.2. The molecule has 2 aliphatic heterocycles. The van der Waals surface area contributed by atoms with Crippen LogP contribution in [0.1, 0.15) is 64.1 Å². The van der Waals surface area contributed by atoms with Crippen molar-refractivity contribution in [3.8, 4) is 5.75 Å². The monoisotopic (exact) mass is 443 g/mol. The molecule has 6 nitrogen and oxygen atoms in total. The van der Waals surface area contributed by atoms with Crippen molar-refractivity contribution >= 4 is 35.1 Å². The van der Waals surface area contributed by atoms with Gasteiger partial charge < -0.3 is 15.4 Å². The number of hydrogen-bond donors (Lipinski definition) is 2. The van der Waals surface area contributed by atoms with Crippen molar-refractivity contribution < 1.29 is 18.7 Å². The topological polar surface area (TPSA) is 80.3 Å². The maximum absolute atomic E-state index is 14.4.